The Kier molecular flexibility index (Phi) is 5.68. The molecule has 1 aromatic rings. The number of hydrogen-bond donors (Lipinski definition) is 1. The molecule has 20 heavy (non-hydrogen) atoms. The molecular formula is C15H20ClNO3. The Balaban J connectivity index is 1.72. The zero-order chi connectivity index (χ0) is 14.4. The minimum absolute atomic E-state index is 0.128. The number of rotatable bonds is 6. The number of hydrogen-bond acceptors (Lipinski definition) is 4. The standard InChI is InChI=1S/C15H20ClNO3/c1-2-19-15(18)8-5-12-9-14(10-17-12)20-13-6-3-11(16)4-7-13/h3-4,6-7,12,14,17H,2,5,8-10H2,1H3/t12-,14+/m1/s1. The average molecular weight is 298 g/mol. The maximum Gasteiger partial charge on any atom is 0.305 e. The molecule has 1 heterocycles. The third-order valence-corrected chi connectivity index (χ3v) is 3.55. The van der Waals surface area contributed by atoms with Crippen LogP contribution in [-0.4, -0.2) is 31.3 Å². The zero-order valence-corrected chi connectivity index (χ0v) is 12.4. The largest absolute Gasteiger partial charge is 0.489 e. The average Bonchev–Trinajstić information content (AvgIpc) is 2.87. The topological polar surface area (TPSA) is 47.6 Å². The molecule has 0 unspecified atom stereocenters. The van der Waals surface area contributed by atoms with Crippen LogP contribution in [0.4, 0.5) is 0 Å². The van der Waals surface area contributed by atoms with Crippen LogP contribution in [0.5, 0.6) is 5.75 Å². The Labute approximate surface area is 124 Å². The van der Waals surface area contributed by atoms with Crippen LogP contribution in [0.1, 0.15) is 26.2 Å². The highest BCUT2D eigenvalue weighted by Crippen LogP contribution is 2.21. The smallest absolute Gasteiger partial charge is 0.305 e. The van der Waals surface area contributed by atoms with Crippen molar-refractivity contribution in [2.75, 3.05) is 13.2 Å². The van der Waals surface area contributed by atoms with E-state index in [9.17, 15) is 4.79 Å². The van der Waals surface area contributed by atoms with Gasteiger partial charge in [0.15, 0.2) is 0 Å². The number of halogens is 1. The molecular weight excluding hydrogens is 278 g/mol. The summed E-state index contributed by atoms with van der Waals surface area (Å²) in [7, 11) is 0. The van der Waals surface area contributed by atoms with E-state index < -0.39 is 0 Å². The lowest BCUT2D eigenvalue weighted by molar-refractivity contribution is -0.143. The van der Waals surface area contributed by atoms with E-state index in [0.29, 0.717) is 24.1 Å². The monoisotopic (exact) mass is 297 g/mol. The van der Waals surface area contributed by atoms with Crippen molar-refractivity contribution in [3.8, 4) is 5.75 Å². The second-order valence-corrected chi connectivity index (χ2v) is 5.31. The van der Waals surface area contributed by atoms with Gasteiger partial charge in [0.05, 0.1) is 6.61 Å². The van der Waals surface area contributed by atoms with Gasteiger partial charge in [-0.25, -0.2) is 0 Å². The van der Waals surface area contributed by atoms with Crippen LogP contribution in [-0.2, 0) is 9.53 Å². The van der Waals surface area contributed by atoms with Gasteiger partial charge in [-0.3, -0.25) is 4.79 Å². The summed E-state index contributed by atoms with van der Waals surface area (Å²) >= 11 is 5.84. The summed E-state index contributed by atoms with van der Waals surface area (Å²) in [5.41, 5.74) is 0. The lowest BCUT2D eigenvalue weighted by atomic mass is 10.1. The normalized spacial score (nSPS) is 21.7. The Bertz CT molecular complexity index is 435. The fraction of sp³-hybridized carbons (Fsp3) is 0.533. The predicted octanol–water partition coefficient (Wildman–Crippen LogP) is 2.79. The number of benzene rings is 1. The lowest BCUT2D eigenvalue weighted by Crippen LogP contribution is -2.23. The van der Waals surface area contributed by atoms with E-state index in [2.05, 4.69) is 5.32 Å². The van der Waals surface area contributed by atoms with Gasteiger partial charge in [0, 0.05) is 30.5 Å². The fourth-order valence-electron chi connectivity index (χ4n) is 2.32. The summed E-state index contributed by atoms with van der Waals surface area (Å²) < 4.78 is 10.8. The second-order valence-electron chi connectivity index (χ2n) is 4.88. The van der Waals surface area contributed by atoms with Crippen LogP contribution < -0.4 is 10.1 Å². The summed E-state index contributed by atoms with van der Waals surface area (Å²) in [5, 5.41) is 4.08. The van der Waals surface area contributed by atoms with E-state index in [0.717, 1.165) is 25.1 Å². The van der Waals surface area contributed by atoms with Crippen LogP contribution in [0, 0.1) is 0 Å². The molecule has 1 saturated heterocycles. The van der Waals surface area contributed by atoms with Gasteiger partial charge in [0.25, 0.3) is 0 Å². The van der Waals surface area contributed by atoms with Gasteiger partial charge in [-0.1, -0.05) is 11.6 Å². The molecule has 110 valence electrons. The molecule has 1 aliphatic heterocycles. The molecule has 0 aliphatic carbocycles. The molecule has 2 atom stereocenters. The zero-order valence-electron chi connectivity index (χ0n) is 11.6. The maximum atomic E-state index is 11.3. The molecule has 2 rings (SSSR count). The summed E-state index contributed by atoms with van der Waals surface area (Å²) in [4.78, 5) is 11.3. The van der Waals surface area contributed by atoms with Crippen LogP contribution in [0.25, 0.3) is 0 Å². The van der Waals surface area contributed by atoms with Crippen molar-refractivity contribution in [1.82, 2.24) is 5.32 Å². The maximum absolute atomic E-state index is 11.3. The van der Waals surface area contributed by atoms with E-state index in [1.54, 1.807) is 0 Å². The number of carbonyl (C=O) groups excluding carboxylic acids is 1. The number of carbonyl (C=O) groups is 1. The van der Waals surface area contributed by atoms with E-state index in [1.807, 2.05) is 31.2 Å². The van der Waals surface area contributed by atoms with Gasteiger partial charge in [0.2, 0.25) is 0 Å². The Morgan fingerprint density at radius 1 is 1.40 bits per heavy atom. The summed E-state index contributed by atoms with van der Waals surface area (Å²) in [6, 6.07) is 7.69. The highest BCUT2D eigenvalue weighted by molar-refractivity contribution is 6.30. The van der Waals surface area contributed by atoms with Gasteiger partial charge in [0.1, 0.15) is 11.9 Å². The molecule has 1 N–H and O–H groups in total. The fourth-order valence-corrected chi connectivity index (χ4v) is 2.45. The van der Waals surface area contributed by atoms with Crippen LogP contribution in [0.2, 0.25) is 5.02 Å². The predicted molar refractivity (Wildman–Crippen MR) is 78.1 cm³/mol. The Morgan fingerprint density at radius 2 is 2.15 bits per heavy atom. The van der Waals surface area contributed by atoms with Gasteiger partial charge in [-0.15, -0.1) is 0 Å². The number of nitrogens with one attached hydrogen (secondary N) is 1. The van der Waals surface area contributed by atoms with Gasteiger partial charge < -0.3 is 14.8 Å². The van der Waals surface area contributed by atoms with Crippen molar-refractivity contribution in [2.24, 2.45) is 0 Å². The van der Waals surface area contributed by atoms with Crippen molar-refractivity contribution in [3.63, 3.8) is 0 Å². The van der Waals surface area contributed by atoms with Gasteiger partial charge in [-0.05, 0) is 37.6 Å². The van der Waals surface area contributed by atoms with Gasteiger partial charge in [-0.2, -0.15) is 0 Å². The quantitative estimate of drug-likeness (QED) is 0.820. The lowest BCUT2D eigenvalue weighted by Gasteiger charge is -2.13. The molecule has 0 aromatic heterocycles. The van der Waals surface area contributed by atoms with E-state index in [4.69, 9.17) is 21.1 Å². The molecule has 1 aromatic carbocycles. The summed E-state index contributed by atoms with van der Waals surface area (Å²) in [5.74, 6) is 0.698. The molecule has 0 bridgehead atoms. The third kappa shape index (κ3) is 4.69. The van der Waals surface area contributed by atoms with Crippen LogP contribution in [0.3, 0.4) is 0 Å². The Morgan fingerprint density at radius 3 is 2.85 bits per heavy atom. The third-order valence-electron chi connectivity index (χ3n) is 3.30. The molecule has 1 fully saturated rings. The van der Waals surface area contributed by atoms with Crippen molar-refractivity contribution < 1.29 is 14.3 Å². The summed E-state index contributed by atoms with van der Waals surface area (Å²) in [6.07, 6.45) is 2.30. The summed E-state index contributed by atoms with van der Waals surface area (Å²) in [6.45, 7) is 3.07. The Hall–Kier alpha value is -1.26. The van der Waals surface area contributed by atoms with Crippen molar-refractivity contribution in [1.29, 1.82) is 0 Å². The number of ether oxygens (including phenoxy) is 2. The molecule has 0 saturated carbocycles. The number of esters is 1. The van der Waals surface area contributed by atoms with E-state index in [-0.39, 0.29) is 12.1 Å². The first-order valence-corrected chi connectivity index (χ1v) is 7.36. The first kappa shape index (κ1) is 15.1. The molecule has 4 nitrogen and oxygen atoms in total. The molecule has 0 amide bonds. The highest BCUT2D eigenvalue weighted by atomic mass is 35.5. The second kappa shape index (κ2) is 7.50. The first-order chi connectivity index (χ1) is 9.67. The van der Waals surface area contributed by atoms with Gasteiger partial charge >= 0.3 is 5.97 Å². The van der Waals surface area contributed by atoms with E-state index >= 15 is 0 Å². The molecule has 5 heteroatoms. The van der Waals surface area contributed by atoms with Crippen molar-refractivity contribution in [2.45, 2.75) is 38.3 Å². The van der Waals surface area contributed by atoms with Crippen molar-refractivity contribution in [3.05, 3.63) is 29.3 Å². The van der Waals surface area contributed by atoms with Crippen molar-refractivity contribution >= 4 is 17.6 Å². The van der Waals surface area contributed by atoms with Crippen LogP contribution >= 0.6 is 11.6 Å². The highest BCUT2D eigenvalue weighted by Gasteiger charge is 2.25. The molecule has 1 aliphatic rings. The molecule has 0 spiro atoms. The first-order valence-electron chi connectivity index (χ1n) is 6.98. The SMILES string of the molecule is CCOC(=O)CC[C@@H]1C[C@H](Oc2ccc(Cl)cc2)CN1. The van der Waals surface area contributed by atoms with E-state index in [1.165, 1.54) is 0 Å². The minimum atomic E-state index is -0.128. The van der Waals surface area contributed by atoms with Crippen LogP contribution in [0.15, 0.2) is 24.3 Å². The minimum Gasteiger partial charge on any atom is -0.489 e. The molecule has 0 radical (unpaired) electrons.